The van der Waals surface area contributed by atoms with Gasteiger partial charge in [0.1, 0.15) is 12.6 Å². The number of sulfonamides is 1. The zero-order chi connectivity index (χ0) is 29.0. The van der Waals surface area contributed by atoms with Crippen molar-refractivity contribution in [2.75, 3.05) is 10.8 Å². The summed E-state index contributed by atoms with van der Waals surface area (Å²) in [7, 11) is -4.17. The van der Waals surface area contributed by atoms with E-state index >= 15 is 0 Å². The van der Waals surface area contributed by atoms with Gasteiger partial charge in [-0.3, -0.25) is 13.9 Å². The van der Waals surface area contributed by atoms with Crippen LogP contribution in [0.5, 0.6) is 0 Å². The van der Waals surface area contributed by atoms with Gasteiger partial charge >= 0.3 is 0 Å². The standard InChI is InChI=1S/C29H33Cl2N3O4S/c1-20-10-14-24(15-11-20)34(39(37,38)25-16-12-23(30)13-17-25)19-27(35)33(18-22-8-6-7-9-26(22)31)21(2)28(36)32-29(3,4)5/h6-17,21H,18-19H2,1-5H3,(H,32,36)/t21-/m1/s1. The largest absolute Gasteiger partial charge is 0.350 e. The van der Waals surface area contributed by atoms with Crippen LogP contribution in [0.1, 0.15) is 38.8 Å². The summed E-state index contributed by atoms with van der Waals surface area (Å²) in [6, 6.07) is 18.7. The summed E-state index contributed by atoms with van der Waals surface area (Å²) in [5, 5.41) is 3.72. The maximum absolute atomic E-state index is 13.9. The zero-order valence-electron chi connectivity index (χ0n) is 22.6. The van der Waals surface area contributed by atoms with Crippen molar-refractivity contribution in [3.63, 3.8) is 0 Å². The van der Waals surface area contributed by atoms with Gasteiger partial charge in [-0.05, 0) is 82.6 Å². The summed E-state index contributed by atoms with van der Waals surface area (Å²) in [5.74, 6) is -0.935. The van der Waals surface area contributed by atoms with E-state index in [4.69, 9.17) is 23.2 Å². The fourth-order valence-electron chi connectivity index (χ4n) is 3.84. The maximum Gasteiger partial charge on any atom is 0.264 e. The van der Waals surface area contributed by atoms with Gasteiger partial charge in [0.15, 0.2) is 0 Å². The van der Waals surface area contributed by atoms with Crippen LogP contribution in [0.2, 0.25) is 10.0 Å². The van der Waals surface area contributed by atoms with Gasteiger partial charge in [0.05, 0.1) is 10.6 Å². The molecule has 10 heteroatoms. The lowest BCUT2D eigenvalue weighted by Gasteiger charge is -2.33. The second kappa shape index (κ2) is 12.4. The van der Waals surface area contributed by atoms with E-state index in [9.17, 15) is 18.0 Å². The molecule has 3 aromatic rings. The molecule has 39 heavy (non-hydrogen) atoms. The summed E-state index contributed by atoms with van der Waals surface area (Å²) in [5.41, 5.74) is 1.34. The Labute approximate surface area is 240 Å². The topological polar surface area (TPSA) is 86.8 Å². The Morgan fingerprint density at radius 2 is 1.51 bits per heavy atom. The normalized spacial score (nSPS) is 12.5. The average Bonchev–Trinajstić information content (AvgIpc) is 2.86. The van der Waals surface area contributed by atoms with E-state index in [0.29, 0.717) is 21.3 Å². The minimum Gasteiger partial charge on any atom is -0.350 e. The van der Waals surface area contributed by atoms with Crippen molar-refractivity contribution < 1.29 is 18.0 Å². The Bertz CT molecular complexity index is 1420. The summed E-state index contributed by atoms with van der Waals surface area (Å²) in [6.45, 7) is 8.50. The number of hydrogen-bond donors (Lipinski definition) is 1. The first kappa shape index (κ1) is 30.5. The molecule has 2 amide bonds. The number of amides is 2. The van der Waals surface area contributed by atoms with Crippen molar-refractivity contribution >= 4 is 50.7 Å². The quantitative estimate of drug-likeness (QED) is 0.340. The third kappa shape index (κ3) is 7.97. The van der Waals surface area contributed by atoms with E-state index in [1.807, 2.05) is 27.7 Å². The monoisotopic (exact) mass is 589 g/mol. The van der Waals surface area contributed by atoms with Gasteiger partial charge in [-0.1, -0.05) is 59.1 Å². The molecule has 1 atom stereocenters. The summed E-state index contributed by atoms with van der Waals surface area (Å²) < 4.78 is 28.7. The van der Waals surface area contributed by atoms with Crippen LogP contribution in [0.25, 0.3) is 0 Å². The van der Waals surface area contributed by atoms with Crippen molar-refractivity contribution in [1.82, 2.24) is 10.2 Å². The molecular weight excluding hydrogens is 557 g/mol. The lowest BCUT2D eigenvalue weighted by Crippen LogP contribution is -2.54. The minimum absolute atomic E-state index is 0.0139. The first-order valence-corrected chi connectivity index (χ1v) is 14.6. The third-order valence-electron chi connectivity index (χ3n) is 5.97. The lowest BCUT2D eigenvalue weighted by atomic mass is 10.1. The molecule has 0 unspecified atom stereocenters. The number of rotatable bonds is 9. The van der Waals surface area contributed by atoms with E-state index in [1.165, 1.54) is 29.2 Å². The number of nitrogens with one attached hydrogen (secondary N) is 1. The second-order valence-electron chi connectivity index (χ2n) is 10.3. The molecule has 0 radical (unpaired) electrons. The molecule has 0 fully saturated rings. The van der Waals surface area contributed by atoms with Gasteiger partial charge in [-0.25, -0.2) is 8.42 Å². The smallest absolute Gasteiger partial charge is 0.264 e. The Hall–Kier alpha value is -3.07. The van der Waals surface area contributed by atoms with Crippen LogP contribution < -0.4 is 9.62 Å². The van der Waals surface area contributed by atoms with Crippen molar-refractivity contribution in [3.8, 4) is 0 Å². The lowest BCUT2D eigenvalue weighted by molar-refractivity contribution is -0.140. The van der Waals surface area contributed by atoms with Gasteiger partial charge in [0.25, 0.3) is 10.0 Å². The highest BCUT2D eigenvalue weighted by Crippen LogP contribution is 2.26. The minimum atomic E-state index is -4.17. The number of nitrogens with zero attached hydrogens (tertiary/aromatic N) is 2. The molecule has 3 aromatic carbocycles. The van der Waals surface area contributed by atoms with Gasteiger partial charge in [0, 0.05) is 22.1 Å². The first-order valence-electron chi connectivity index (χ1n) is 12.4. The predicted molar refractivity (Wildman–Crippen MR) is 157 cm³/mol. The van der Waals surface area contributed by atoms with Gasteiger partial charge < -0.3 is 10.2 Å². The molecule has 0 saturated carbocycles. The fraction of sp³-hybridized carbons (Fsp3) is 0.310. The molecule has 0 aliphatic carbocycles. The summed E-state index contributed by atoms with van der Waals surface area (Å²) in [6.07, 6.45) is 0. The number of carbonyl (C=O) groups excluding carboxylic acids is 2. The zero-order valence-corrected chi connectivity index (χ0v) is 24.9. The number of anilines is 1. The Morgan fingerprint density at radius 1 is 0.923 bits per heavy atom. The molecule has 208 valence electrons. The highest BCUT2D eigenvalue weighted by molar-refractivity contribution is 7.92. The average molecular weight is 591 g/mol. The van der Waals surface area contributed by atoms with Crippen LogP contribution >= 0.6 is 23.2 Å². The fourth-order valence-corrected chi connectivity index (χ4v) is 5.58. The Kier molecular flexibility index (Phi) is 9.69. The van der Waals surface area contributed by atoms with Crippen LogP contribution in [-0.4, -0.2) is 43.3 Å². The molecule has 0 aromatic heterocycles. The molecule has 7 nitrogen and oxygen atoms in total. The molecule has 1 N–H and O–H groups in total. The number of hydrogen-bond acceptors (Lipinski definition) is 4. The number of benzene rings is 3. The van der Waals surface area contributed by atoms with Gasteiger partial charge in [-0.2, -0.15) is 0 Å². The molecule has 0 spiro atoms. The highest BCUT2D eigenvalue weighted by Gasteiger charge is 2.33. The SMILES string of the molecule is Cc1ccc(N(CC(=O)N(Cc2ccccc2Cl)[C@H](C)C(=O)NC(C)(C)C)S(=O)(=O)c2ccc(Cl)cc2)cc1. The van der Waals surface area contributed by atoms with Crippen molar-refractivity contribution in [3.05, 3.63) is 94.0 Å². The molecule has 0 bridgehead atoms. The van der Waals surface area contributed by atoms with Crippen LogP contribution in [0.3, 0.4) is 0 Å². The van der Waals surface area contributed by atoms with E-state index in [1.54, 1.807) is 55.5 Å². The molecule has 0 aliphatic rings. The number of aryl methyl sites for hydroxylation is 1. The van der Waals surface area contributed by atoms with E-state index in [-0.39, 0.29) is 17.3 Å². The molecule has 0 heterocycles. The molecule has 0 aliphatic heterocycles. The summed E-state index contributed by atoms with van der Waals surface area (Å²) in [4.78, 5) is 28.4. The van der Waals surface area contributed by atoms with E-state index in [2.05, 4.69) is 5.32 Å². The Morgan fingerprint density at radius 3 is 2.08 bits per heavy atom. The number of carbonyl (C=O) groups is 2. The van der Waals surface area contributed by atoms with Crippen LogP contribution in [0.15, 0.2) is 77.7 Å². The maximum atomic E-state index is 13.9. The first-order chi connectivity index (χ1) is 18.2. The summed E-state index contributed by atoms with van der Waals surface area (Å²) >= 11 is 12.4. The van der Waals surface area contributed by atoms with E-state index < -0.39 is 34.1 Å². The highest BCUT2D eigenvalue weighted by atomic mass is 35.5. The third-order valence-corrected chi connectivity index (χ3v) is 8.38. The van der Waals surface area contributed by atoms with Crippen molar-refractivity contribution in [1.29, 1.82) is 0 Å². The Balaban J connectivity index is 2.04. The molecule has 0 saturated heterocycles. The number of halogens is 2. The molecule has 3 rings (SSSR count). The van der Waals surface area contributed by atoms with Crippen molar-refractivity contribution in [2.24, 2.45) is 0 Å². The van der Waals surface area contributed by atoms with Gasteiger partial charge in [-0.15, -0.1) is 0 Å². The van der Waals surface area contributed by atoms with Crippen LogP contribution in [-0.2, 0) is 26.2 Å². The predicted octanol–water partition coefficient (Wildman–Crippen LogP) is 5.83. The molecular formula is C29H33Cl2N3O4S. The van der Waals surface area contributed by atoms with Crippen LogP contribution in [0, 0.1) is 6.92 Å². The van der Waals surface area contributed by atoms with Crippen LogP contribution in [0.4, 0.5) is 5.69 Å². The second-order valence-corrected chi connectivity index (χ2v) is 13.0. The van der Waals surface area contributed by atoms with E-state index in [0.717, 1.165) is 9.87 Å². The van der Waals surface area contributed by atoms with Gasteiger partial charge in [0.2, 0.25) is 11.8 Å². The van der Waals surface area contributed by atoms with Crippen molar-refractivity contribution in [2.45, 2.75) is 57.6 Å².